The van der Waals surface area contributed by atoms with Crippen molar-refractivity contribution in [2.45, 2.75) is 25.3 Å². The summed E-state index contributed by atoms with van der Waals surface area (Å²) < 4.78 is 30.6. The smallest absolute Gasteiger partial charge is 0.123 e. The van der Waals surface area contributed by atoms with Crippen molar-refractivity contribution in [3.8, 4) is 0 Å². The molecule has 0 spiro atoms. The lowest BCUT2D eigenvalue weighted by Crippen LogP contribution is -2.17. The molecule has 6 rings (SSSR count). The number of aromatic nitrogens is 1. The van der Waals surface area contributed by atoms with Gasteiger partial charge in [0, 0.05) is 29.8 Å². The van der Waals surface area contributed by atoms with Crippen LogP contribution in [0.25, 0.3) is 0 Å². The molecule has 2 atom stereocenters. The van der Waals surface area contributed by atoms with E-state index in [1.165, 1.54) is 29.8 Å². The van der Waals surface area contributed by atoms with Gasteiger partial charge in [0.1, 0.15) is 11.6 Å². The minimum absolute atomic E-state index is 0.112. The fourth-order valence-corrected chi connectivity index (χ4v) is 5.93. The van der Waals surface area contributed by atoms with Crippen LogP contribution in [0.15, 0.2) is 146 Å². The van der Waals surface area contributed by atoms with Gasteiger partial charge in [-0.3, -0.25) is 0 Å². The first kappa shape index (κ1) is 26.5. The molecule has 0 aliphatic heterocycles. The normalized spacial score (nSPS) is 12.7. The molecule has 1 nitrogen and oxygen atoms in total. The number of hydrogen-bond donors (Lipinski definition) is 0. The van der Waals surface area contributed by atoms with E-state index in [4.69, 9.17) is 0 Å². The molecule has 0 saturated carbocycles. The number of aryl methyl sites for hydroxylation is 1. The van der Waals surface area contributed by atoms with E-state index in [1.54, 1.807) is 0 Å². The predicted molar refractivity (Wildman–Crippen MR) is 162 cm³/mol. The highest BCUT2D eigenvalue weighted by molar-refractivity contribution is 5.50. The maximum Gasteiger partial charge on any atom is 0.123 e. The van der Waals surface area contributed by atoms with Crippen LogP contribution in [0.2, 0.25) is 0 Å². The molecule has 3 heteroatoms. The zero-order chi connectivity index (χ0) is 28.2. The lowest BCUT2D eigenvalue weighted by atomic mass is 9.87. The van der Waals surface area contributed by atoms with Gasteiger partial charge in [0.25, 0.3) is 0 Å². The van der Waals surface area contributed by atoms with Crippen molar-refractivity contribution >= 4 is 0 Å². The molecule has 0 saturated heterocycles. The van der Waals surface area contributed by atoms with Crippen molar-refractivity contribution < 1.29 is 8.78 Å². The van der Waals surface area contributed by atoms with Crippen molar-refractivity contribution in [3.05, 3.63) is 202 Å². The molecular formula is C38H31F2N. The Kier molecular flexibility index (Phi) is 7.60. The minimum atomic E-state index is -0.252. The van der Waals surface area contributed by atoms with Crippen molar-refractivity contribution in [3.63, 3.8) is 0 Å². The summed E-state index contributed by atoms with van der Waals surface area (Å²) in [5.41, 5.74) is 8.94. The van der Waals surface area contributed by atoms with E-state index in [0.717, 1.165) is 39.2 Å². The van der Waals surface area contributed by atoms with Crippen molar-refractivity contribution in [1.82, 2.24) is 4.57 Å². The molecule has 0 bridgehead atoms. The first-order valence-corrected chi connectivity index (χ1v) is 13.9. The third kappa shape index (κ3) is 5.62. The molecule has 6 aromatic rings. The van der Waals surface area contributed by atoms with Crippen LogP contribution in [-0.4, -0.2) is 4.57 Å². The van der Waals surface area contributed by atoms with Gasteiger partial charge in [0.2, 0.25) is 0 Å². The Morgan fingerprint density at radius 2 is 0.927 bits per heavy atom. The first-order valence-electron chi connectivity index (χ1n) is 13.9. The number of hydrogen-bond acceptors (Lipinski definition) is 0. The average molecular weight is 540 g/mol. The molecule has 0 aliphatic rings. The van der Waals surface area contributed by atoms with Crippen LogP contribution in [0.3, 0.4) is 0 Å². The summed E-state index contributed by atoms with van der Waals surface area (Å²) in [5.74, 6) is -0.729. The molecule has 41 heavy (non-hydrogen) atoms. The summed E-state index contributed by atoms with van der Waals surface area (Å²) in [6.45, 7) is 2.82. The molecule has 1 heterocycles. The summed E-state index contributed by atoms with van der Waals surface area (Å²) in [7, 11) is 0. The van der Waals surface area contributed by atoms with Crippen LogP contribution in [0.4, 0.5) is 8.78 Å². The minimum Gasteiger partial charge on any atom is -0.342 e. The van der Waals surface area contributed by atoms with E-state index in [-0.39, 0.29) is 23.5 Å². The maximum atomic E-state index is 14.1. The Balaban J connectivity index is 1.63. The second-order valence-corrected chi connectivity index (χ2v) is 10.5. The van der Waals surface area contributed by atoms with Crippen LogP contribution in [0.5, 0.6) is 0 Å². The van der Waals surface area contributed by atoms with Crippen molar-refractivity contribution in [2.24, 2.45) is 0 Å². The molecular weight excluding hydrogens is 508 g/mol. The van der Waals surface area contributed by atoms with E-state index in [0.29, 0.717) is 6.54 Å². The lowest BCUT2D eigenvalue weighted by molar-refractivity contribution is 0.625. The molecule has 0 radical (unpaired) electrons. The van der Waals surface area contributed by atoms with Gasteiger partial charge in [-0.15, -0.1) is 0 Å². The highest BCUT2D eigenvalue weighted by atomic mass is 19.1. The van der Waals surface area contributed by atoms with Crippen molar-refractivity contribution in [2.75, 3.05) is 0 Å². The van der Waals surface area contributed by atoms with E-state index in [1.807, 2.05) is 42.5 Å². The van der Waals surface area contributed by atoms with Crippen LogP contribution >= 0.6 is 0 Å². The van der Waals surface area contributed by atoms with E-state index < -0.39 is 0 Å². The van der Waals surface area contributed by atoms with E-state index in [9.17, 15) is 8.78 Å². The fourth-order valence-electron chi connectivity index (χ4n) is 5.93. The van der Waals surface area contributed by atoms with Gasteiger partial charge in [0.05, 0.1) is 0 Å². The largest absolute Gasteiger partial charge is 0.342 e. The Hall–Kier alpha value is -4.76. The number of halogens is 2. The number of nitrogens with zero attached hydrogens (tertiary/aromatic N) is 1. The lowest BCUT2D eigenvalue weighted by Gasteiger charge is -2.26. The highest BCUT2D eigenvalue weighted by Gasteiger charge is 2.29. The molecule has 0 amide bonds. The molecule has 0 fully saturated rings. The summed E-state index contributed by atoms with van der Waals surface area (Å²) in [6, 6.07) is 47.2. The quantitative estimate of drug-likeness (QED) is 0.182. The Labute approximate surface area is 240 Å². The monoisotopic (exact) mass is 539 g/mol. The van der Waals surface area contributed by atoms with Crippen molar-refractivity contribution in [1.29, 1.82) is 0 Å². The van der Waals surface area contributed by atoms with E-state index >= 15 is 0 Å². The Morgan fingerprint density at radius 3 is 1.44 bits per heavy atom. The summed E-state index contributed by atoms with van der Waals surface area (Å²) >= 11 is 0. The molecule has 2 unspecified atom stereocenters. The Morgan fingerprint density at radius 1 is 0.512 bits per heavy atom. The van der Waals surface area contributed by atoms with Crippen LogP contribution < -0.4 is 0 Å². The summed E-state index contributed by atoms with van der Waals surface area (Å²) in [5, 5.41) is 0. The fraction of sp³-hybridized carbons (Fsp3) is 0.105. The SMILES string of the molecule is Cc1cc(C(c2ccccc2)c2ccc(F)cc2)n(Cc2ccccc2)c1C(c1ccccc1)c1ccc(F)cc1. The van der Waals surface area contributed by atoms with Crippen LogP contribution in [0.1, 0.15) is 56.6 Å². The standard InChI is InChI=1S/C38H31F2N/c1-27-25-35(36(29-13-7-3-8-14-29)31-17-21-33(39)22-18-31)41(26-28-11-5-2-6-12-28)38(27)37(30-15-9-4-10-16-30)32-19-23-34(40)24-20-32/h2-25,36-37H,26H2,1H3. The van der Waals surface area contributed by atoms with Gasteiger partial charge < -0.3 is 4.57 Å². The maximum absolute atomic E-state index is 14.1. The number of benzene rings is 5. The first-order chi connectivity index (χ1) is 20.1. The highest BCUT2D eigenvalue weighted by Crippen LogP contribution is 2.41. The summed E-state index contributed by atoms with van der Waals surface area (Å²) in [6.07, 6.45) is 0. The average Bonchev–Trinajstić information content (AvgIpc) is 3.31. The van der Waals surface area contributed by atoms with E-state index in [2.05, 4.69) is 90.4 Å². The third-order valence-electron chi connectivity index (χ3n) is 7.80. The second kappa shape index (κ2) is 11.8. The topological polar surface area (TPSA) is 4.93 Å². The van der Waals surface area contributed by atoms with Gasteiger partial charge >= 0.3 is 0 Å². The summed E-state index contributed by atoms with van der Waals surface area (Å²) in [4.78, 5) is 0. The van der Waals surface area contributed by atoms with Crippen LogP contribution in [-0.2, 0) is 6.54 Å². The van der Waals surface area contributed by atoms with Gasteiger partial charge in [-0.25, -0.2) is 8.78 Å². The van der Waals surface area contributed by atoms with Gasteiger partial charge in [0.15, 0.2) is 0 Å². The zero-order valence-electron chi connectivity index (χ0n) is 22.9. The third-order valence-corrected chi connectivity index (χ3v) is 7.80. The van der Waals surface area contributed by atoms with Gasteiger partial charge in [-0.1, -0.05) is 115 Å². The molecule has 5 aromatic carbocycles. The number of rotatable bonds is 8. The molecule has 0 aliphatic carbocycles. The van der Waals surface area contributed by atoms with Gasteiger partial charge in [-0.05, 0) is 70.6 Å². The second-order valence-electron chi connectivity index (χ2n) is 10.5. The predicted octanol–water partition coefficient (Wildman–Crippen LogP) is 9.48. The van der Waals surface area contributed by atoms with Gasteiger partial charge in [-0.2, -0.15) is 0 Å². The molecule has 0 N–H and O–H groups in total. The Bertz CT molecular complexity index is 1710. The zero-order valence-corrected chi connectivity index (χ0v) is 22.9. The molecule has 1 aromatic heterocycles. The molecule has 202 valence electrons. The van der Waals surface area contributed by atoms with Crippen LogP contribution in [0, 0.1) is 18.6 Å².